The van der Waals surface area contributed by atoms with E-state index in [0.29, 0.717) is 31.1 Å². The van der Waals surface area contributed by atoms with Gasteiger partial charge in [0.25, 0.3) is 5.91 Å². The second-order valence-electron chi connectivity index (χ2n) is 7.77. The molecule has 1 heterocycles. The van der Waals surface area contributed by atoms with E-state index < -0.39 is 35.4 Å². The number of piperazine rings is 1. The average molecular weight is 550 g/mol. The molecule has 1 saturated heterocycles. The zero-order valence-electron chi connectivity index (χ0n) is 17.6. The monoisotopic (exact) mass is 548 g/mol. The minimum Gasteiger partial charge on any atom is -0.333 e. The Morgan fingerprint density at radius 3 is 2.12 bits per heavy atom. The van der Waals surface area contributed by atoms with Crippen LogP contribution in [-0.4, -0.2) is 53.8 Å². The molecule has 2 aromatic carbocycles. The van der Waals surface area contributed by atoms with Gasteiger partial charge in [-0.25, -0.2) is 0 Å². The van der Waals surface area contributed by atoms with Gasteiger partial charge in [0.05, 0.1) is 11.1 Å². The highest BCUT2D eigenvalue weighted by Crippen LogP contribution is 2.33. The van der Waals surface area contributed by atoms with Gasteiger partial charge in [0, 0.05) is 48.7 Å². The Labute approximate surface area is 209 Å². The van der Waals surface area contributed by atoms with Gasteiger partial charge in [-0.15, -0.1) is 24.0 Å². The molecule has 3 nitrogen and oxygen atoms in total. The molecule has 1 amide bonds. The first-order valence-corrected chi connectivity index (χ1v) is 10.9. The van der Waals surface area contributed by atoms with E-state index in [0.717, 1.165) is 24.3 Å². The van der Waals surface area contributed by atoms with Crippen molar-refractivity contribution in [3.8, 4) is 0 Å². The van der Waals surface area contributed by atoms with E-state index in [2.05, 4.69) is 0 Å². The van der Waals surface area contributed by atoms with Crippen molar-refractivity contribution in [2.45, 2.75) is 24.8 Å². The second kappa shape index (κ2) is 11.4. The maximum Gasteiger partial charge on any atom is 0.416 e. The van der Waals surface area contributed by atoms with Crippen LogP contribution in [0.1, 0.15) is 27.0 Å². The highest BCUT2D eigenvalue weighted by molar-refractivity contribution is 6.31. The van der Waals surface area contributed by atoms with Crippen LogP contribution >= 0.6 is 35.6 Å². The molecule has 1 atom stereocenters. The van der Waals surface area contributed by atoms with E-state index in [1.165, 1.54) is 23.1 Å². The highest BCUT2D eigenvalue weighted by Gasteiger charge is 2.35. The highest BCUT2D eigenvalue weighted by atomic mass is 35.5. The molecule has 3 rings (SSSR count). The van der Waals surface area contributed by atoms with Crippen molar-refractivity contribution in [3.05, 3.63) is 69.7 Å². The lowest BCUT2D eigenvalue weighted by Gasteiger charge is -2.41. The van der Waals surface area contributed by atoms with Crippen LogP contribution < -0.4 is 0 Å². The molecule has 12 heteroatoms. The van der Waals surface area contributed by atoms with E-state index in [1.807, 2.05) is 4.90 Å². The molecule has 34 heavy (non-hydrogen) atoms. The number of alkyl halides is 7. The molecule has 1 fully saturated rings. The van der Waals surface area contributed by atoms with Gasteiger partial charge < -0.3 is 4.90 Å². The number of benzene rings is 2. The predicted molar refractivity (Wildman–Crippen MR) is 121 cm³/mol. The summed E-state index contributed by atoms with van der Waals surface area (Å²) in [5, 5.41) is -0.215. The summed E-state index contributed by atoms with van der Waals surface area (Å²) in [5.41, 5.74) is -1.44. The van der Waals surface area contributed by atoms with Crippen molar-refractivity contribution in [2.24, 2.45) is 0 Å². The van der Waals surface area contributed by atoms with Crippen LogP contribution in [0.3, 0.4) is 0 Å². The summed E-state index contributed by atoms with van der Waals surface area (Å²) in [5.74, 6) is -0.269. The minimum absolute atomic E-state index is 0. The summed E-state index contributed by atoms with van der Waals surface area (Å²) < 4.78 is 78.1. The van der Waals surface area contributed by atoms with E-state index >= 15 is 0 Å². The molecule has 1 aliphatic rings. The number of carbonyl (C=O) groups excluding carboxylic acids is 1. The largest absolute Gasteiger partial charge is 0.416 e. The van der Waals surface area contributed by atoms with Crippen molar-refractivity contribution in [3.63, 3.8) is 0 Å². The van der Waals surface area contributed by atoms with Crippen LogP contribution in [0.5, 0.6) is 0 Å². The van der Waals surface area contributed by atoms with Crippen molar-refractivity contribution in [2.75, 3.05) is 32.1 Å². The number of amides is 1. The summed E-state index contributed by atoms with van der Waals surface area (Å²) >= 11 is 11.7. The predicted octanol–water partition coefficient (Wildman–Crippen LogP) is 6.41. The average Bonchev–Trinajstić information content (AvgIpc) is 2.72. The number of nitrogens with zero attached hydrogens (tertiary/aromatic N) is 2. The Balaban J connectivity index is 0.00000408. The van der Waals surface area contributed by atoms with E-state index in [-0.39, 0.29) is 36.0 Å². The molecule has 0 unspecified atom stereocenters. The molecule has 0 aliphatic carbocycles. The first kappa shape index (κ1) is 28.6. The van der Waals surface area contributed by atoms with Gasteiger partial charge >= 0.3 is 12.4 Å². The van der Waals surface area contributed by atoms with Crippen LogP contribution in [0.15, 0.2) is 42.5 Å². The third-order valence-corrected chi connectivity index (χ3v) is 5.84. The standard InChI is InChI=1S/C22H20Cl2F6N2O.ClH/c23-5-6-31-7-8-32(20(33)15-10-17(22(28,29)30)12-18(24)11-15)19(13-31)9-14-1-3-16(4-2-14)21(25,26)27;/h1-4,10-12,19H,5-9,13H2;1H/t19-;/m1./s1. The van der Waals surface area contributed by atoms with Crippen molar-refractivity contribution in [1.82, 2.24) is 9.80 Å². The SMILES string of the molecule is Cl.O=C(c1cc(Cl)cc(C(F)(F)F)c1)N1CCN(CCCl)C[C@H]1Cc1ccc(C(F)(F)F)cc1. The summed E-state index contributed by atoms with van der Waals surface area (Å²) in [6.07, 6.45) is -8.90. The van der Waals surface area contributed by atoms with E-state index in [1.54, 1.807) is 0 Å². The lowest BCUT2D eigenvalue weighted by atomic mass is 9.99. The Morgan fingerprint density at radius 2 is 1.56 bits per heavy atom. The lowest BCUT2D eigenvalue weighted by Crippen LogP contribution is -2.56. The van der Waals surface area contributed by atoms with Gasteiger partial charge in [-0.05, 0) is 42.3 Å². The summed E-state index contributed by atoms with van der Waals surface area (Å²) in [7, 11) is 0. The maximum atomic E-state index is 13.2. The molecule has 0 saturated carbocycles. The fourth-order valence-electron chi connectivity index (χ4n) is 3.83. The summed E-state index contributed by atoms with van der Waals surface area (Å²) in [6, 6.07) is 6.82. The van der Waals surface area contributed by atoms with Crippen LogP contribution in [0.25, 0.3) is 0 Å². The minimum atomic E-state index is -4.67. The number of carbonyl (C=O) groups is 1. The zero-order valence-corrected chi connectivity index (χ0v) is 19.9. The van der Waals surface area contributed by atoms with Gasteiger partial charge in [0.1, 0.15) is 0 Å². The number of hydrogen-bond donors (Lipinski definition) is 0. The summed E-state index contributed by atoms with van der Waals surface area (Å²) in [4.78, 5) is 16.6. The molecule has 0 aromatic heterocycles. The van der Waals surface area contributed by atoms with Crippen LogP contribution in [0.4, 0.5) is 26.3 Å². The smallest absolute Gasteiger partial charge is 0.333 e. The fourth-order valence-corrected chi connectivity index (χ4v) is 4.30. The molecule has 0 radical (unpaired) electrons. The first-order chi connectivity index (χ1) is 15.4. The van der Waals surface area contributed by atoms with Gasteiger partial charge in [-0.2, -0.15) is 26.3 Å². The van der Waals surface area contributed by atoms with Crippen molar-refractivity contribution < 1.29 is 31.1 Å². The lowest BCUT2D eigenvalue weighted by molar-refractivity contribution is -0.138. The van der Waals surface area contributed by atoms with Gasteiger partial charge in [-0.1, -0.05) is 23.7 Å². The Kier molecular flexibility index (Phi) is 9.55. The quantitative estimate of drug-likeness (QED) is 0.318. The third kappa shape index (κ3) is 7.16. The second-order valence-corrected chi connectivity index (χ2v) is 8.58. The van der Waals surface area contributed by atoms with Gasteiger partial charge in [0.2, 0.25) is 0 Å². The molecule has 0 N–H and O–H groups in total. The molecule has 2 aromatic rings. The number of rotatable bonds is 5. The van der Waals surface area contributed by atoms with E-state index in [9.17, 15) is 31.1 Å². The van der Waals surface area contributed by atoms with Crippen LogP contribution in [-0.2, 0) is 18.8 Å². The Hall–Kier alpha value is -1.68. The fraction of sp³-hybridized carbons (Fsp3) is 0.409. The molecule has 188 valence electrons. The Bertz CT molecular complexity index is 982. The molecule has 0 bridgehead atoms. The third-order valence-electron chi connectivity index (χ3n) is 5.45. The first-order valence-electron chi connectivity index (χ1n) is 10.0. The van der Waals surface area contributed by atoms with Gasteiger partial charge in [0.15, 0.2) is 0 Å². The van der Waals surface area contributed by atoms with Crippen molar-refractivity contribution >= 4 is 41.5 Å². The number of hydrogen-bond acceptors (Lipinski definition) is 2. The maximum absolute atomic E-state index is 13.2. The zero-order chi connectivity index (χ0) is 24.4. The topological polar surface area (TPSA) is 23.6 Å². The molecular weight excluding hydrogens is 529 g/mol. The molecule has 1 aliphatic heterocycles. The summed E-state index contributed by atoms with van der Waals surface area (Å²) in [6.45, 7) is 1.62. The van der Waals surface area contributed by atoms with Crippen molar-refractivity contribution in [1.29, 1.82) is 0 Å². The number of halogens is 9. The van der Waals surface area contributed by atoms with Crippen LogP contribution in [0, 0.1) is 0 Å². The molecule has 0 spiro atoms. The van der Waals surface area contributed by atoms with E-state index in [4.69, 9.17) is 23.2 Å². The Morgan fingerprint density at radius 1 is 0.941 bits per heavy atom. The van der Waals surface area contributed by atoms with Crippen LogP contribution in [0.2, 0.25) is 5.02 Å². The molecular formula is C22H21Cl3F6N2O. The van der Waals surface area contributed by atoms with Gasteiger partial charge in [-0.3, -0.25) is 9.69 Å². The normalized spacial score (nSPS) is 17.4.